The zero-order chi connectivity index (χ0) is 21.2. The second-order valence-corrected chi connectivity index (χ2v) is 9.75. The molecular formula is C22H29N3O3S. The molecule has 1 fully saturated rings. The number of nitrogens with zero attached hydrogens (tertiary/aromatic N) is 2. The van der Waals surface area contributed by atoms with Crippen molar-refractivity contribution in [1.82, 2.24) is 9.21 Å². The first-order valence-corrected chi connectivity index (χ1v) is 11.3. The van der Waals surface area contributed by atoms with Crippen molar-refractivity contribution in [1.29, 1.82) is 0 Å². The first-order valence-electron chi connectivity index (χ1n) is 9.82. The number of hydrogen-bond donors (Lipinski definition) is 1. The van der Waals surface area contributed by atoms with Crippen molar-refractivity contribution in [3.63, 3.8) is 0 Å². The topological polar surface area (TPSA) is 69.7 Å². The predicted octanol–water partition coefficient (Wildman–Crippen LogP) is 2.73. The lowest BCUT2D eigenvalue weighted by atomic mass is 10.0. The van der Waals surface area contributed by atoms with Gasteiger partial charge >= 0.3 is 0 Å². The van der Waals surface area contributed by atoms with Crippen LogP contribution in [0.25, 0.3) is 0 Å². The third kappa shape index (κ3) is 5.04. The van der Waals surface area contributed by atoms with Gasteiger partial charge in [-0.1, -0.05) is 29.8 Å². The van der Waals surface area contributed by atoms with Crippen LogP contribution in [0.15, 0.2) is 41.3 Å². The monoisotopic (exact) mass is 415 g/mol. The summed E-state index contributed by atoms with van der Waals surface area (Å²) in [4.78, 5) is 14.9. The van der Waals surface area contributed by atoms with Gasteiger partial charge < -0.3 is 10.2 Å². The smallest absolute Gasteiger partial charge is 0.243 e. The quantitative estimate of drug-likeness (QED) is 0.815. The maximum atomic E-state index is 13.1. The average Bonchev–Trinajstić information content (AvgIpc) is 2.66. The van der Waals surface area contributed by atoms with Gasteiger partial charge in [-0.05, 0) is 56.6 Å². The molecule has 0 spiro atoms. The maximum Gasteiger partial charge on any atom is 0.243 e. The lowest BCUT2D eigenvalue weighted by Gasteiger charge is -2.32. The van der Waals surface area contributed by atoms with Crippen molar-refractivity contribution in [3.05, 3.63) is 58.7 Å². The number of nitrogens with one attached hydrogen (secondary N) is 1. The number of rotatable bonds is 5. The number of hydrogen-bond acceptors (Lipinski definition) is 4. The van der Waals surface area contributed by atoms with Crippen molar-refractivity contribution < 1.29 is 13.2 Å². The molecular weight excluding hydrogens is 386 g/mol. The fourth-order valence-electron chi connectivity index (χ4n) is 3.55. The van der Waals surface area contributed by atoms with Gasteiger partial charge in [0, 0.05) is 31.9 Å². The van der Waals surface area contributed by atoms with Gasteiger partial charge in [0.05, 0.1) is 11.3 Å². The van der Waals surface area contributed by atoms with Crippen LogP contribution in [0.2, 0.25) is 0 Å². The highest BCUT2D eigenvalue weighted by molar-refractivity contribution is 7.89. The highest BCUT2D eigenvalue weighted by Gasteiger charge is 2.29. The Kier molecular flexibility index (Phi) is 6.41. The Balaban J connectivity index is 1.77. The zero-order valence-corrected chi connectivity index (χ0v) is 18.3. The fourth-order valence-corrected chi connectivity index (χ4v) is 5.22. The summed E-state index contributed by atoms with van der Waals surface area (Å²) in [5.74, 6) is -0.163. The van der Waals surface area contributed by atoms with Crippen LogP contribution in [0.1, 0.15) is 22.3 Å². The summed E-state index contributed by atoms with van der Waals surface area (Å²) >= 11 is 0. The lowest BCUT2D eigenvalue weighted by Crippen LogP contribution is -2.47. The lowest BCUT2D eigenvalue weighted by molar-refractivity contribution is -0.115. The molecule has 0 bridgehead atoms. The summed E-state index contributed by atoms with van der Waals surface area (Å²) in [5, 5.41) is 2.85. The maximum absolute atomic E-state index is 13.1. The van der Waals surface area contributed by atoms with E-state index in [1.165, 1.54) is 4.31 Å². The third-order valence-electron chi connectivity index (χ3n) is 5.40. The molecule has 156 valence electrons. The number of anilines is 1. The Morgan fingerprint density at radius 3 is 2.31 bits per heavy atom. The molecule has 1 heterocycles. The van der Waals surface area contributed by atoms with Crippen molar-refractivity contribution in [2.75, 3.05) is 38.5 Å². The molecule has 1 N–H and O–H groups in total. The van der Waals surface area contributed by atoms with Crippen LogP contribution < -0.4 is 5.32 Å². The minimum absolute atomic E-state index is 0.163. The van der Waals surface area contributed by atoms with E-state index < -0.39 is 10.0 Å². The minimum Gasteiger partial charge on any atom is -0.326 e. The van der Waals surface area contributed by atoms with Crippen molar-refractivity contribution in [2.45, 2.75) is 32.1 Å². The molecule has 6 nitrogen and oxygen atoms in total. The Labute approximate surface area is 173 Å². The molecule has 2 aromatic rings. The van der Waals surface area contributed by atoms with Crippen LogP contribution in [0.5, 0.6) is 0 Å². The van der Waals surface area contributed by atoms with E-state index in [2.05, 4.69) is 16.3 Å². The minimum atomic E-state index is -3.59. The second kappa shape index (κ2) is 8.65. The largest absolute Gasteiger partial charge is 0.326 e. The summed E-state index contributed by atoms with van der Waals surface area (Å²) < 4.78 is 27.8. The Hall–Kier alpha value is -2.22. The number of sulfonamides is 1. The summed E-state index contributed by atoms with van der Waals surface area (Å²) in [6.45, 7) is 8.16. The summed E-state index contributed by atoms with van der Waals surface area (Å²) in [7, 11) is -1.60. The Bertz CT molecular complexity index is 1010. The number of carbonyl (C=O) groups excluding carboxylic acids is 1. The number of likely N-dealkylation sites (N-methyl/N-ethyl adjacent to an activating group) is 1. The second-order valence-electron chi connectivity index (χ2n) is 7.84. The van der Waals surface area contributed by atoms with E-state index in [9.17, 15) is 13.2 Å². The van der Waals surface area contributed by atoms with Gasteiger partial charge in [0.2, 0.25) is 15.9 Å². The molecule has 3 rings (SSSR count). The van der Waals surface area contributed by atoms with E-state index in [1.54, 1.807) is 25.1 Å². The summed E-state index contributed by atoms with van der Waals surface area (Å²) in [5.41, 5.74) is 4.37. The molecule has 0 saturated carbocycles. The molecule has 0 unspecified atom stereocenters. The van der Waals surface area contributed by atoms with Crippen LogP contribution >= 0.6 is 0 Å². The Morgan fingerprint density at radius 1 is 0.966 bits per heavy atom. The number of amides is 1. The number of carbonyl (C=O) groups is 1. The SMILES string of the molecule is Cc1ccc(CC(=O)Nc2ccc(C)c(S(=O)(=O)N3CCN(C)CC3)c2)c(C)c1. The van der Waals surface area contributed by atoms with E-state index in [1.807, 2.05) is 33.0 Å². The van der Waals surface area contributed by atoms with Gasteiger partial charge in [-0.25, -0.2) is 8.42 Å². The molecule has 1 amide bonds. The fraction of sp³-hybridized carbons (Fsp3) is 0.409. The van der Waals surface area contributed by atoms with Crippen LogP contribution in [0.4, 0.5) is 5.69 Å². The van der Waals surface area contributed by atoms with Crippen molar-refractivity contribution in [3.8, 4) is 0 Å². The first-order chi connectivity index (χ1) is 13.7. The van der Waals surface area contributed by atoms with Gasteiger partial charge in [0.1, 0.15) is 0 Å². The molecule has 2 aromatic carbocycles. The van der Waals surface area contributed by atoms with Gasteiger partial charge in [-0.3, -0.25) is 4.79 Å². The van der Waals surface area contributed by atoms with E-state index in [4.69, 9.17) is 0 Å². The van der Waals surface area contributed by atoms with Crippen LogP contribution in [-0.2, 0) is 21.2 Å². The molecule has 1 saturated heterocycles. The summed E-state index contributed by atoms with van der Waals surface area (Å²) in [6, 6.07) is 11.1. The predicted molar refractivity (Wildman–Crippen MR) is 116 cm³/mol. The highest BCUT2D eigenvalue weighted by Crippen LogP contribution is 2.25. The molecule has 1 aliphatic rings. The van der Waals surface area contributed by atoms with Gasteiger partial charge in [-0.15, -0.1) is 0 Å². The van der Waals surface area contributed by atoms with E-state index in [0.717, 1.165) is 16.7 Å². The van der Waals surface area contributed by atoms with Gasteiger partial charge in [0.15, 0.2) is 0 Å². The molecule has 1 aliphatic heterocycles. The molecule has 0 atom stereocenters. The van der Waals surface area contributed by atoms with E-state index in [-0.39, 0.29) is 17.2 Å². The van der Waals surface area contributed by atoms with Gasteiger partial charge in [-0.2, -0.15) is 4.31 Å². The van der Waals surface area contributed by atoms with Crippen LogP contribution in [-0.4, -0.2) is 56.8 Å². The van der Waals surface area contributed by atoms with Crippen LogP contribution in [0.3, 0.4) is 0 Å². The summed E-state index contributed by atoms with van der Waals surface area (Å²) in [6.07, 6.45) is 0.251. The molecule has 0 aliphatic carbocycles. The third-order valence-corrected chi connectivity index (χ3v) is 7.44. The van der Waals surface area contributed by atoms with Crippen molar-refractivity contribution in [2.24, 2.45) is 0 Å². The molecule has 7 heteroatoms. The zero-order valence-electron chi connectivity index (χ0n) is 17.5. The standard InChI is InChI=1S/C22H29N3O3S/c1-16-5-7-19(18(3)13-16)14-22(26)23-20-8-6-17(2)21(15-20)29(27,28)25-11-9-24(4)10-12-25/h5-8,13,15H,9-12,14H2,1-4H3,(H,23,26). The highest BCUT2D eigenvalue weighted by atomic mass is 32.2. The number of piperazine rings is 1. The van der Waals surface area contributed by atoms with Crippen LogP contribution in [0, 0.1) is 20.8 Å². The van der Waals surface area contributed by atoms with E-state index in [0.29, 0.717) is 37.4 Å². The molecule has 0 aromatic heterocycles. The molecule has 0 radical (unpaired) electrons. The first kappa shape index (κ1) is 21.5. The molecule has 29 heavy (non-hydrogen) atoms. The number of aryl methyl sites for hydroxylation is 3. The van der Waals surface area contributed by atoms with Crippen molar-refractivity contribution >= 4 is 21.6 Å². The normalized spacial score (nSPS) is 16.0. The number of benzene rings is 2. The average molecular weight is 416 g/mol. The Morgan fingerprint density at radius 2 is 1.66 bits per heavy atom. The van der Waals surface area contributed by atoms with Gasteiger partial charge in [0.25, 0.3) is 0 Å². The van der Waals surface area contributed by atoms with E-state index >= 15 is 0 Å².